The van der Waals surface area contributed by atoms with Gasteiger partial charge in [-0.05, 0) is 32.4 Å². The molecule has 0 N–H and O–H groups in total. The van der Waals surface area contributed by atoms with Crippen molar-refractivity contribution >= 4 is 16.4 Å². The lowest BCUT2D eigenvalue weighted by atomic mass is 10.2. The number of rotatable bonds is 4. The molecule has 0 saturated heterocycles. The fourth-order valence-corrected chi connectivity index (χ4v) is 3.66. The van der Waals surface area contributed by atoms with Crippen molar-refractivity contribution in [2.45, 2.75) is 32.3 Å². The summed E-state index contributed by atoms with van der Waals surface area (Å²) in [6.07, 6.45) is 3.89. The van der Waals surface area contributed by atoms with E-state index in [2.05, 4.69) is 10.1 Å². The van der Waals surface area contributed by atoms with Crippen LogP contribution in [0.25, 0.3) is 5.65 Å². The maximum Gasteiger partial charge on any atom is 0.139 e. The molecule has 0 aromatic carbocycles. The van der Waals surface area contributed by atoms with Crippen molar-refractivity contribution in [1.29, 1.82) is 0 Å². The normalized spacial score (nSPS) is 12.9. The van der Waals surface area contributed by atoms with E-state index in [9.17, 15) is 4.21 Å². The second kappa shape index (κ2) is 5.44. The highest BCUT2D eigenvalue weighted by molar-refractivity contribution is 7.83. The van der Waals surface area contributed by atoms with Gasteiger partial charge in [0, 0.05) is 28.8 Å². The fraction of sp³-hybridized carbons (Fsp3) is 0.333. The van der Waals surface area contributed by atoms with Crippen LogP contribution in [0.2, 0.25) is 0 Å². The van der Waals surface area contributed by atoms with Crippen molar-refractivity contribution < 1.29 is 8.73 Å². The van der Waals surface area contributed by atoms with Gasteiger partial charge in [0.2, 0.25) is 0 Å². The van der Waals surface area contributed by atoms with Gasteiger partial charge in [0.25, 0.3) is 0 Å². The van der Waals surface area contributed by atoms with Gasteiger partial charge in [-0.15, -0.1) is 0 Å². The number of hydrogen-bond acceptors (Lipinski definition) is 4. The molecule has 0 unspecified atom stereocenters. The van der Waals surface area contributed by atoms with Gasteiger partial charge in [-0.3, -0.25) is 4.21 Å². The zero-order valence-electron chi connectivity index (χ0n) is 12.3. The number of hydrogen-bond donors (Lipinski definition) is 0. The van der Waals surface area contributed by atoms with Gasteiger partial charge in [0.05, 0.1) is 22.9 Å². The van der Waals surface area contributed by atoms with Gasteiger partial charge in [0.15, 0.2) is 0 Å². The molecule has 0 saturated carbocycles. The van der Waals surface area contributed by atoms with Crippen LogP contribution >= 0.6 is 0 Å². The Bertz CT molecular complexity index is 800. The highest BCUT2D eigenvalue weighted by Gasteiger charge is 2.14. The summed E-state index contributed by atoms with van der Waals surface area (Å²) in [6, 6.07) is 4.00. The van der Waals surface area contributed by atoms with Crippen molar-refractivity contribution in [3.8, 4) is 0 Å². The van der Waals surface area contributed by atoms with Gasteiger partial charge < -0.3 is 8.92 Å². The van der Waals surface area contributed by atoms with Crippen LogP contribution in [0.5, 0.6) is 0 Å². The molecular formula is C15H17N3O2S. The second-order valence-electron chi connectivity index (χ2n) is 5.19. The molecule has 110 valence electrons. The average Bonchev–Trinajstić information content (AvgIpc) is 2.97. The summed E-state index contributed by atoms with van der Waals surface area (Å²) in [5.74, 6) is 1.63. The van der Waals surface area contributed by atoms with Crippen LogP contribution in [0.15, 0.2) is 29.0 Å². The zero-order chi connectivity index (χ0) is 15.0. The van der Waals surface area contributed by atoms with Gasteiger partial charge in [-0.25, -0.2) is 4.98 Å². The van der Waals surface area contributed by atoms with Crippen molar-refractivity contribution in [1.82, 2.24) is 14.5 Å². The molecule has 0 spiro atoms. The van der Waals surface area contributed by atoms with E-state index in [1.807, 2.05) is 49.7 Å². The number of imidazole rings is 1. The van der Waals surface area contributed by atoms with Crippen molar-refractivity contribution in [3.05, 3.63) is 52.8 Å². The molecule has 0 bridgehead atoms. The Morgan fingerprint density at radius 1 is 1.29 bits per heavy atom. The summed E-state index contributed by atoms with van der Waals surface area (Å²) in [6.45, 7) is 5.74. The van der Waals surface area contributed by atoms with E-state index in [1.165, 1.54) is 0 Å². The SMILES string of the molecule is Cc1noc(C)c1C[S@](=O)Cc1cn2cccc(C)c2n1. The largest absolute Gasteiger partial charge is 0.361 e. The van der Waals surface area contributed by atoms with Gasteiger partial charge >= 0.3 is 0 Å². The predicted molar refractivity (Wildman–Crippen MR) is 81.5 cm³/mol. The highest BCUT2D eigenvalue weighted by atomic mass is 32.2. The number of aryl methyl sites for hydroxylation is 3. The monoisotopic (exact) mass is 303 g/mol. The third kappa shape index (κ3) is 2.76. The predicted octanol–water partition coefficient (Wildman–Crippen LogP) is 2.70. The lowest BCUT2D eigenvalue weighted by molar-refractivity contribution is 0.392. The average molecular weight is 303 g/mol. The Balaban J connectivity index is 1.79. The smallest absolute Gasteiger partial charge is 0.139 e. The van der Waals surface area contributed by atoms with E-state index in [0.29, 0.717) is 11.5 Å². The fourth-order valence-electron chi connectivity index (χ4n) is 2.36. The third-order valence-electron chi connectivity index (χ3n) is 3.52. The molecule has 6 heteroatoms. The van der Waals surface area contributed by atoms with Crippen LogP contribution < -0.4 is 0 Å². The van der Waals surface area contributed by atoms with E-state index in [0.717, 1.165) is 33.9 Å². The molecule has 21 heavy (non-hydrogen) atoms. The summed E-state index contributed by atoms with van der Waals surface area (Å²) < 4.78 is 19.4. The van der Waals surface area contributed by atoms with Crippen LogP contribution in [0.3, 0.4) is 0 Å². The van der Waals surface area contributed by atoms with Crippen molar-refractivity contribution in [2.75, 3.05) is 0 Å². The molecule has 1 atom stereocenters. The summed E-state index contributed by atoms with van der Waals surface area (Å²) in [5, 5.41) is 3.89. The standard InChI is InChI=1S/C15H17N3O2S/c1-10-5-4-6-18-7-13(16-15(10)18)8-21(19)9-14-11(2)17-20-12(14)3/h4-7H,8-9H2,1-3H3/t21-/m1/s1. The second-order valence-corrected chi connectivity index (χ2v) is 6.64. The molecule has 0 amide bonds. The van der Waals surface area contributed by atoms with Crippen LogP contribution in [0, 0.1) is 20.8 Å². The molecule has 3 aromatic heterocycles. The number of nitrogens with zero attached hydrogens (tertiary/aromatic N) is 3. The number of pyridine rings is 1. The minimum Gasteiger partial charge on any atom is -0.361 e. The lowest BCUT2D eigenvalue weighted by Gasteiger charge is -1.99. The Labute approximate surface area is 125 Å². The first-order chi connectivity index (χ1) is 10.0. The number of fused-ring (bicyclic) bond motifs is 1. The molecule has 3 aromatic rings. The van der Waals surface area contributed by atoms with E-state index in [1.54, 1.807) is 0 Å². The third-order valence-corrected chi connectivity index (χ3v) is 4.75. The van der Waals surface area contributed by atoms with E-state index < -0.39 is 10.8 Å². The maximum atomic E-state index is 12.3. The van der Waals surface area contributed by atoms with Gasteiger partial charge in [0.1, 0.15) is 11.4 Å². The first-order valence-electron chi connectivity index (χ1n) is 6.74. The molecule has 5 nitrogen and oxygen atoms in total. The lowest BCUT2D eigenvalue weighted by Crippen LogP contribution is -2.01. The molecule has 0 fully saturated rings. The number of aromatic nitrogens is 3. The summed E-state index contributed by atoms with van der Waals surface area (Å²) in [7, 11) is -1.03. The Hall–Kier alpha value is -1.95. The van der Waals surface area contributed by atoms with Crippen LogP contribution in [0.1, 0.15) is 28.3 Å². The van der Waals surface area contributed by atoms with E-state index in [-0.39, 0.29) is 0 Å². The first kappa shape index (κ1) is 14.0. The van der Waals surface area contributed by atoms with Gasteiger partial charge in [-0.1, -0.05) is 11.2 Å². The van der Waals surface area contributed by atoms with E-state index in [4.69, 9.17) is 4.52 Å². The highest BCUT2D eigenvalue weighted by Crippen LogP contribution is 2.17. The Morgan fingerprint density at radius 2 is 2.10 bits per heavy atom. The topological polar surface area (TPSA) is 60.4 Å². The molecule has 0 aliphatic rings. The summed E-state index contributed by atoms with van der Waals surface area (Å²) in [4.78, 5) is 4.56. The summed E-state index contributed by atoms with van der Waals surface area (Å²) >= 11 is 0. The molecule has 0 radical (unpaired) electrons. The van der Waals surface area contributed by atoms with Crippen LogP contribution in [-0.2, 0) is 22.3 Å². The van der Waals surface area contributed by atoms with Crippen LogP contribution in [0.4, 0.5) is 0 Å². The molecule has 0 aliphatic carbocycles. The zero-order valence-corrected chi connectivity index (χ0v) is 13.1. The minimum atomic E-state index is -1.03. The van der Waals surface area contributed by atoms with Gasteiger partial charge in [-0.2, -0.15) is 0 Å². The molecular weight excluding hydrogens is 286 g/mol. The Morgan fingerprint density at radius 3 is 2.76 bits per heavy atom. The maximum absolute atomic E-state index is 12.3. The molecule has 3 heterocycles. The quantitative estimate of drug-likeness (QED) is 0.743. The minimum absolute atomic E-state index is 0.436. The molecule has 0 aliphatic heterocycles. The molecule has 3 rings (SSSR count). The van der Waals surface area contributed by atoms with Crippen molar-refractivity contribution in [2.24, 2.45) is 0 Å². The van der Waals surface area contributed by atoms with Crippen molar-refractivity contribution in [3.63, 3.8) is 0 Å². The van der Waals surface area contributed by atoms with E-state index >= 15 is 0 Å². The van der Waals surface area contributed by atoms with Crippen LogP contribution in [-0.4, -0.2) is 18.8 Å². The first-order valence-corrected chi connectivity index (χ1v) is 8.23. The Kier molecular flexibility index (Phi) is 3.63. The summed E-state index contributed by atoms with van der Waals surface area (Å²) in [5.41, 5.74) is 4.62.